The molecule has 0 unspecified atom stereocenters. The Morgan fingerprint density at radius 2 is 2.12 bits per heavy atom. The smallest absolute Gasteiger partial charge is 0.272 e. The molecule has 2 aromatic carbocycles. The van der Waals surface area contributed by atoms with E-state index < -0.39 is 0 Å². The van der Waals surface area contributed by atoms with Gasteiger partial charge in [-0.25, -0.2) is 0 Å². The summed E-state index contributed by atoms with van der Waals surface area (Å²) in [4.78, 5) is 14.1. The van der Waals surface area contributed by atoms with E-state index in [0.717, 1.165) is 28.7 Å². The van der Waals surface area contributed by atoms with Crippen molar-refractivity contribution in [2.24, 2.45) is 0 Å². The van der Waals surface area contributed by atoms with Crippen LogP contribution in [-0.2, 0) is 6.54 Å². The van der Waals surface area contributed by atoms with Gasteiger partial charge in [-0.05, 0) is 36.8 Å². The molecular weight excluding hydrogens is 340 g/mol. The maximum atomic E-state index is 12.9. The Balaban J connectivity index is 1.77. The number of nitrogens with zero attached hydrogens (tertiary/aromatic N) is 1. The molecule has 0 radical (unpaired) electrons. The first-order valence-corrected chi connectivity index (χ1v) is 9.15. The van der Waals surface area contributed by atoms with E-state index in [4.69, 9.17) is 11.6 Å². The molecule has 0 fully saturated rings. The first-order valence-electron chi connectivity index (χ1n) is 7.89. The molecule has 0 bridgehead atoms. The molecule has 1 N–H and O–H groups in total. The molecule has 5 heteroatoms. The molecule has 3 aromatic rings. The van der Waals surface area contributed by atoms with Gasteiger partial charge in [0.1, 0.15) is 5.69 Å². The SMILES string of the molecule is Cc1ccc(Cl)cc1NC(=O)c1cc2cccc3c2n1C[C@@H](C)S3. The minimum Gasteiger partial charge on any atom is -0.334 e. The molecule has 2 heterocycles. The molecule has 24 heavy (non-hydrogen) atoms. The first kappa shape index (κ1) is 15.6. The Bertz CT molecular complexity index is 963. The Kier molecular flexibility index (Phi) is 3.82. The third-order valence-corrected chi connectivity index (χ3v) is 5.70. The topological polar surface area (TPSA) is 34.0 Å². The van der Waals surface area contributed by atoms with Gasteiger partial charge in [0.2, 0.25) is 0 Å². The number of carbonyl (C=O) groups is 1. The average Bonchev–Trinajstić information content (AvgIpc) is 2.91. The van der Waals surface area contributed by atoms with Crippen LogP contribution in [0.4, 0.5) is 5.69 Å². The number of para-hydroxylation sites is 1. The predicted molar refractivity (Wildman–Crippen MR) is 101 cm³/mol. The molecule has 1 amide bonds. The number of aryl methyl sites for hydroxylation is 1. The van der Waals surface area contributed by atoms with Crippen LogP contribution < -0.4 is 5.32 Å². The molecule has 1 aliphatic rings. The van der Waals surface area contributed by atoms with E-state index in [2.05, 4.69) is 35.0 Å². The minimum atomic E-state index is -0.0957. The number of hydrogen-bond acceptors (Lipinski definition) is 2. The van der Waals surface area contributed by atoms with E-state index in [-0.39, 0.29) is 5.91 Å². The van der Waals surface area contributed by atoms with Gasteiger partial charge in [0.05, 0.1) is 5.52 Å². The average molecular weight is 357 g/mol. The quantitative estimate of drug-likeness (QED) is 0.671. The van der Waals surface area contributed by atoms with Gasteiger partial charge in [0.25, 0.3) is 5.91 Å². The summed E-state index contributed by atoms with van der Waals surface area (Å²) in [5, 5.41) is 5.18. The summed E-state index contributed by atoms with van der Waals surface area (Å²) >= 11 is 7.93. The number of hydrogen-bond donors (Lipinski definition) is 1. The van der Waals surface area contributed by atoms with Crippen molar-refractivity contribution in [3.63, 3.8) is 0 Å². The largest absolute Gasteiger partial charge is 0.334 e. The van der Waals surface area contributed by atoms with Gasteiger partial charge in [-0.3, -0.25) is 4.79 Å². The van der Waals surface area contributed by atoms with E-state index in [1.165, 1.54) is 4.90 Å². The molecule has 0 saturated heterocycles. The summed E-state index contributed by atoms with van der Waals surface area (Å²) < 4.78 is 2.14. The molecule has 1 atom stereocenters. The fraction of sp³-hybridized carbons (Fsp3) is 0.211. The van der Waals surface area contributed by atoms with Gasteiger partial charge in [-0.2, -0.15) is 0 Å². The Morgan fingerprint density at radius 1 is 1.29 bits per heavy atom. The van der Waals surface area contributed by atoms with Crippen LogP contribution >= 0.6 is 23.4 Å². The van der Waals surface area contributed by atoms with Crippen LogP contribution in [0.1, 0.15) is 23.0 Å². The van der Waals surface area contributed by atoms with Crippen LogP contribution in [0.3, 0.4) is 0 Å². The number of benzene rings is 2. The molecule has 122 valence electrons. The van der Waals surface area contributed by atoms with Gasteiger partial charge < -0.3 is 9.88 Å². The highest BCUT2D eigenvalue weighted by Crippen LogP contribution is 2.38. The number of thioether (sulfide) groups is 1. The molecule has 0 aliphatic carbocycles. The molecule has 1 aromatic heterocycles. The second-order valence-electron chi connectivity index (χ2n) is 6.18. The fourth-order valence-electron chi connectivity index (χ4n) is 3.19. The highest BCUT2D eigenvalue weighted by molar-refractivity contribution is 8.00. The van der Waals surface area contributed by atoms with Crippen LogP contribution in [0, 0.1) is 6.92 Å². The summed E-state index contributed by atoms with van der Waals surface area (Å²) in [6, 6.07) is 13.7. The van der Waals surface area contributed by atoms with Crippen molar-refractivity contribution >= 4 is 45.9 Å². The van der Waals surface area contributed by atoms with Crippen molar-refractivity contribution < 1.29 is 4.79 Å². The molecule has 4 rings (SSSR count). The summed E-state index contributed by atoms with van der Waals surface area (Å²) in [6.45, 7) is 4.99. The lowest BCUT2D eigenvalue weighted by Gasteiger charge is -2.22. The standard InChI is InChI=1S/C19H17ClN2OS/c1-11-6-7-14(20)9-15(11)21-19(23)16-8-13-4-3-5-17-18(13)22(16)10-12(2)24-17/h3-9,12H,10H2,1-2H3,(H,21,23)/t12-/m1/s1. The number of halogens is 1. The zero-order valence-corrected chi connectivity index (χ0v) is 15.0. The third-order valence-electron chi connectivity index (χ3n) is 4.33. The monoisotopic (exact) mass is 356 g/mol. The summed E-state index contributed by atoms with van der Waals surface area (Å²) in [5.74, 6) is -0.0957. The van der Waals surface area contributed by atoms with Gasteiger partial charge in [0, 0.05) is 32.8 Å². The second-order valence-corrected chi connectivity index (χ2v) is 8.09. The van der Waals surface area contributed by atoms with Crippen LogP contribution in [0.25, 0.3) is 10.9 Å². The maximum absolute atomic E-state index is 12.9. The van der Waals surface area contributed by atoms with Crippen LogP contribution in [-0.4, -0.2) is 15.7 Å². The van der Waals surface area contributed by atoms with Crippen LogP contribution in [0.5, 0.6) is 0 Å². The summed E-state index contributed by atoms with van der Waals surface area (Å²) in [7, 11) is 0. The predicted octanol–water partition coefficient (Wildman–Crippen LogP) is 5.35. The highest BCUT2D eigenvalue weighted by Gasteiger charge is 2.24. The van der Waals surface area contributed by atoms with Gasteiger partial charge in [0.15, 0.2) is 0 Å². The Labute approximate surface area is 150 Å². The lowest BCUT2D eigenvalue weighted by atomic mass is 10.2. The normalized spacial score (nSPS) is 16.4. The van der Waals surface area contributed by atoms with Crippen LogP contribution in [0.15, 0.2) is 47.4 Å². The van der Waals surface area contributed by atoms with Crippen molar-refractivity contribution in [3.05, 3.63) is 58.7 Å². The Hall–Kier alpha value is -1.91. The van der Waals surface area contributed by atoms with Crippen molar-refractivity contribution in [2.75, 3.05) is 5.32 Å². The fourth-order valence-corrected chi connectivity index (χ4v) is 4.52. The van der Waals surface area contributed by atoms with Gasteiger partial charge >= 0.3 is 0 Å². The van der Waals surface area contributed by atoms with E-state index in [0.29, 0.717) is 16.0 Å². The number of rotatable bonds is 2. The van der Waals surface area contributed by atoms with E-state index in [1.54, 1.807) is 6.07 Å². The molecule has 1 aliphatic heterocycles. The van der Waals surface area contributed by atoms with Crippen LogP contribution in [0.2, 0.25) is 5.02 Å². The van der Waals surface area contributed by atoms with Gasteiger partial charge in [-0.15, -0.1) is 11.8 Å². The summed E-state index contributed by atoms with van der Waals surface area (Å²) in [6.07, 6.45) is 0. The third kappa shape index (κ3) is 2.60. The highest BCUT2D eigenvalue weighted by atomic mass is 35.5. The second kappa shape index (κ2) is 5.87. The number of nitrogens with one attached hydrogen (secondary N) is 1. The minimum absolute atomic E-state index is 0.0957. The van der Waals surface area contributed by atoms with Crippen molar-refractivity contribution in [1.82, 2.24) is 4.57 Å². The zero-order valence-electron chi connectivity index (χ0n) is 13.5. The van der Waals surface area contributed by atoms with Gasteiger partial charge in [-0.1, -0.05) is 36.7 Å². The van der Waals surface area contributed by atoms with Crippen molar-refractivity contribution in [1.29, 1.82) is 0 Å². The van der Waals surface area contributed by atoms with E-state index in [9.17, 15) is 4.79 Å². The van der Waals surface area contributed by atoms with E-state index in [1.807, 2.05) is 36.9 Å². The van der Waals surface area contributed by atoms with Crippen molar-refractivity contribution in [3.8, 4) is 0 Å². The number of aromatic nitrogens is 1. The molecule has 3 nitrogen and oxygen atoms in total. The molecule has 0 saturated carbocycles. The maximum Gasteiger partial charge on any atom is 0.272 e. The van der Waals surface area contributed by atoms with E-state index >= 15 is 0 Å². The Morgan fingerprint density at radius 3 is 2.96 bits per heavy atom. The lowest BCUT2D eigenvalue weighted by Crippen LogP contribution is -2.22. The first-order chi connectivity index (χ1) is 11.5. The number of amides is 1. The number of anilines is 1. The summed E-state index contributed by atoms with van der Waals surface area (Å²) in [5.41, 5.74) is 3.61. The number of carbonyl (C=O) groups excluding carboxylic acids is 1. The zero-order chi connectivity index (χ0) is 16.8. The lowest BCUT2D eigenvalue weighted by molar-refractivity contribution is 0.101. The van der Waals surface area contributed by atoms with Crippen molar-refractivity contribution in [2.45, 2.75) is 30.5 Å². The molecule has 0 spiro atoms. The molecular formula is C19H17ClN2OS.